The van der Waals surface area contributed by atoms with Gasteiger partial charge in [-0.1, -0.05) is 24.6 Å². The van der Waals surface area contributed by atoms with E-state index in [0.29, 0.717) is 5.02 Å². The van der Waals surface area contributed by atoms with E-state index in [-0.39, 0.29) is 12.1 Å². The average molecular weight is 291 g/mol. The highest BCUT2D eigenvalue weighted by Crippen LogP contribution is 2.28. The van der Waals surface area contributed by atoms with E-state index in [1.54, 1.807) is 6.20 Å². The van der Waals surface area contributed by atoms with E-state index in [1.807, 2.05) is 50.2 Å². The number of hydrogen-bond acceptors (Lipinski definition) is 3. The molecule has 0 aliphatic carbocycles. The van der Waals surface area contributed by atoms with Crippen LogP contribution in [0.5, 0.6) is 5.75 Å². The number of pyridine rings is 1. The van der Waals surface area contributed by atoms with Gasteiger partial charge in [-0.3, -0.25) is 4.98 Å². The fourth-order valence-electron chi connectivity index (χ4n) is 2.01. The van der Waals surface area contributed by atoms with Crippen molar-refractivity contribution < 1.29 is 4.74 Å². The van der Waals surface area contributed by atoms with Gasteiger partial charge in [0, 0.05) is 17.3 Å². The van der Waals surface area contributed by atoms with Gasteiger partial charge >= 0.3 is 0 Å². The average Bonchev–Trinajstić information content (AvgIpc) is 2.46. The Balaban J connectivity index is 2.29. The van der Waals surface area contributed by atoms with Crippen LogP contribution in [0.25, 0.3) is 0 Å². The summed E-state index contributed by atoms with van der Waals surface area (Å²) in [6, 6.07) is 11.2. The van der Waals surface area contributed by atoms with Crippen LogP contribution in [0.3, 0.4) is 0 Å². The third kappa shape index (κ3) is 3.50. The lowest BCUT2D eigenvalue weighted by molar-refractivity contribution is 0.165. The summed E-state index contributed by atoms with van der Waals surface area (Å²) in [5.41, 5.74) is 8.02. The molecule has 2 N–H and O–H groups in total. The zero-order chi connectivity index (χ0) is 14.5. The van der Waals surface area contributed by atoms with Gasteiger partial charge in [0.15, 0.2) is 6.10 Å². The molecule has 2 rings (SSSR count). The van der Waals surface area contributed by atoms with Crippen LogP contribution >= 0.6 is 11.6 Å². The summed E-state index contributed by atoms with van der Waals surface area (Å²) in [5, 5.41) is 0.698. The van der Waals surface area contributed by atoms with Crippen molar-refractivity contribution in [2.45, 2.75) is 32.4 Å². The fraction of sp³-hybridized carbons (Fsp3) is 0.312. The van der Waals surface area contributed by atoms with Gasteiger partial charge in [0.05, 0.1) is 5.69 Å². The topological polar surface area (TPSA) is 48.1 Å². The molecule has 0 aliphatic heterocycles. The first-order valence-electron chi connectivity index (χ1n) is 6.71. The molecule has 0 spiro atoms. The van der Waals surface area contributed by atoms with Gasteiger partial charge in [0.2, 0.25) is 0 Å². The molecule has 106 valence electrons. The zero-order valence-corrected chi connectivity index (χ0v) is 12.5. The van der Waals surface area contributed by atoms with Crippen LogP contribution in [-0.2, 0) is 0 Å². The summed E-state index contributed by atoms with van der Waals surface area (Å²) >= 11 is 5.97. The van der Waals surface area contributed by atoms with Crippen molar-refractivity contribution in [2.24, 2.45) is 5.73 Å². The smallest absolute Gasteiger partial charge is 0.155 e. The van der Waals surface area contributed by atoms with Crippen molar-refractivity contribution in [1.29, 1.82) is 0 Å². The van der Waals surface area contributed by atoms with Gasteiger partial charge in [-0.05, 0) is 49.2 Å². The molecule has 0 amide bonds. The molecule has 0 radical (unpaired) electrons. The third-order valence-electron chi connectivity index (χ3n) is 3.23. The van der Waals surface area contributed by atoms with Crippen molar-refractivity contribution in [3.8, 4) is 5.75 Å². The molecule has 0 saturated heterocycles. The molecule has 1 aromatic heterocycles. The van der Waals surface area contributed by atoms with Gasteiger partial charge in [-0.2, -0.15) is 0 Å². The molecule has 2 aromatic rings. The predicted octanol–water partition coefficient (Wildman–Crippen LogP) is 3.90. The maximum Gasteiger partial charge on any atom is 0.155 e. The van der Waals surface area contributed by atoms with Crippen molar-refractivity contribution in [2.75, 3.05) is 0 Å². The normalized spacial score (nSPS) is 13.8. The second kappa shape index (κ2) is 6.73. The van der Waals surface area contributed by atoms with E-state index < -0.39 is 0 Å². The molecule has 3 nitrogen and oxygen atoms in total. The lowest BCUT2D eigenvalue weighted by Gasteiger charge is -2.24. The Morgan fingerprint density at radius 3 is 2.70 bits per heavy atom. The van der Waals surface area contributed by atoms with E-state index >= 15 is 0 Å². The molecular formula is C16H19ClN2O. The number of benzene rings is 1. The Labute approximate surface area is 124 Å². The number of halogens is 1. The summed E-state index contributed by atoms with van der Waals surface area (Å²) in [7, 11) is 0. The van der Waals surface area contributed by atoms with Crippen molar-refractivity contribution >= 4 is 11.6 Å². The molecular weight excluding hydrogens is 272 g/mol. The Bertz CT molecular complexity index is 560. The molecule has 0 fully saturated rings. The van der Waals surface area contributed by atoms with Crippen molar-refractivity contribution in [1.82, 2.24) is 4.98 Å². The minimum absolute atomic E-state index is 0.111. The number of rotatable bonds is 5. The predicted molar refractivity (Wildman–Crippen MR) is 82.1 cm³/mol. The lowest BCUT2D eigenvalue weighted by Crippen LogP contribution is -2.32. The number of ether oxygens (including phenoxy) is 1. The summed E-state index contributed by atoms with van der Waals surface area (Å²) in [4.78, 5) is 4.36. The van der Waals surface area contributed by atoms with Gasteiger partial charge < -0.3 is 10.5 Å². The van der Waals surface area contributed by atoms with E-state index in [4.69, 9.17) is 22.1 Å². The van der Waals surface area contributed by atoms with Gasteiger partial charge in [-0.15, -0.1) is 0 Å². The largest absolute Gasteiger partial charge is 0.482 e. The summed E-state index contributed by atoms with van der Waals surface area (Å²) in [6.45, 7) is 4.01. The van der Waals surface area contributed by atoms with E-state index in [0.717, 1.165) is 23.4 Å². The highest BCUT2D eigenvalue weighted by atomic mass is 35.5. The van der Waals surface area contributed by atoms with Gasteiger partial charge in [0.25, 0.3) is 0 Å². The minimum atomic E-state index is -0.263. The van der Waals surface area contributed by atoms with Crippen LogP contribution in [0.2, 0.25) is 5.02 Å². The van der Waals surface area contributed by atoms with E-state index in [9.17, 15) is 0 Å². The molecule has 0 aliphatic rings. The monoisotopic (exact) mass is 290 g/mol. The number of nitrogens with two attached hydrogens (primary N) is 1. The zero-order valence-electron chi connectivity index (χ0n) is 11.7. The summed E-state index contributed by atoms with van der Waals surface area (Å²) < 4.78 is 6.09. The molecule has 1 heterocycles. The van der Waals surface area contributed by atoms with Crippen LogP contribution in [-0.4, -0.2) is 11.0 Å². The Morgan fingerprint density at radius 2 is 2.10 bits per heavy atom. The summed E-state index contributed by atoms with van der Waals surface area (Å²) in [5.74, 6) is 0.786. The molecule has 2 atom stereocenters. The molecule has 1 aromatic carbocycles. The fourth-order valence-corrected chi connectivity index (χ4v) is 2.23. The first kappa shape index (κ1) is 14.8. The summed E-state index contributed by atoms with van der Waals surface area (Å²) in [6.07, 6.45) is 2.30. The highest BCUT2D eigenvalue weighted by molar-refractivity contribution is 6.30. The third-order valence-corrected chi connectivity index (χ3v) is 3.47. The van der Waals surface area contributed by atoms with Crippen LogP contribution in [0.4, 0.5) is 0 Å². The molecule has 20 heavy (non-hydrogen) atoms. The quantitative estimate of drug-likeness (QED) is 0.908. The first-order valence-corrected chi connectivity index (χ1v) is 7.09. The SMILES string of the molecule is CCC(N)C(Oc1ccc(Cl)cc1C)c1ccccn1. The van der Waals surface area contributed by atoms with Gasteiger partial charge in [0.1, 0.15) is 5.75 Å². The van der Waals surface area contributed by atoms with Gasteiger partial charge in [-0.25, -0.2) is 0 Å². The number of nitrogens with zero attached hydrogens (tertiary/aromatic N) is 1. The Morgan fingerprint density at radius 1 is 1.30 bits per heavy atom. The Hall–Kier alpha value is -1.58. The number of aryl methyl sites for hydroxylation is 1. The van der Waals surface area contributed by atoms with E-state index in [1.165, 1.54) is 0 Å². The maximum absolute atomic E-state index is 6.19. The standard InChI is InChI=1S/C16H19ClN2O/c1-3-13(18)16(14-6-4-5-9-19-14)20-15-8-7-12(17)10-11(15)2/h4-10,13,16H,3,18H2,1-2H3. The Kier molecular flexibility index (Phi) is 4.99. The van der Waals surface area contributed by atoms with Crippen LogP contribution in [0.15, 0.2) is 42.6 Å². The van der Waals surface area contributed by atoms with Crippen LogP contribution in [0, 0.1) is 6.92 Å². The second-order valence-corrected chi connectivity index (χ2v) is 5.21. The second-order valence-electron chi connectivity index (χ2n) is 4.77. The lowest BCUT2D eigenvalue weighted by atomic mass is 10.1. The van der Waals surface area contributed by atoms with Crippen LogP contribution in [0.1, 0.15) is 30.7 Å². The van der Waals surface area contributed by atoms with Crippen molar-refractivity contribution in [3.05, 3.63) is 58.9 Å². The molecule has 4 heteroatoms. The van der Waals surface area contributed by atoms with Crippen molar-refractivity contribution in [3.63, 3.8) is 0 Å². The van der Waals surface area contributed by atoms with E-state index in [2.05, 4.69) is 4.98 Å². The number of aromatic nitrogens is 1. The first-order chi connectivity index (χ1) is 9.61. The maximum atomic E-state index is 6.19. The molecule has 0 bridgehead atoms. The highest BCUT2D eigenvalue weighted by Gasteiger charge is 2.22. The van der Waals surface area contributed by atoms with Crippen LogP contribution < -0.4 is 10.5 Å². The molecule has 2 unspecified atom stereocenters. The molecule has 0 saturated carbocycles. The minimum Gasteiger partial charge on any atom is -0.482 e. The number of hydrogen-bond donors (Lipinski definition) is 1.